The second-order valence-corrected chi connectivity index (χ2v) is 8.33. The number of rotatable bonds is 10. The molecule has 3 aromatic rings. The van der Waals surface area contributed by atoms with Gasteiger partial charge in [-0.1, -0.05) is 41.6 Å². The Kier molecular flexibility index (Phi) is 8.51. The molecule has 2 amide bonds. The van der Waals surface area contributed by atoms with Crippen molar-refractivity contribution in [3.05, 3.63) is 77.6 Å². The van der Waals surface area contributed by atoms with Crippen molar-refractivity contribution in [2.24, 2.45) is 0 Å². The lowest BCUT2D eigenvalue weighted by atomic mass is 10.2. The van der Waals surface area contributed by atoms with Crippen LogP contribution in [0.1, 0.15) is 29.1 Å². The molecule has 0 radical (unpaired) electrons. The Balaban J connectivity index is 1.66. The van der Waals surface area contributed by atoms with Crippen LogP contribution in [0.3, 0.4) is 0 Å². The minimum atomic E-state index is -0.418. The maximum atomic E-state index is 12.6. The summed E-state index contributed by atoms with van der Waals surface area (Å²) in [6, 6.07) is 13.4. The lowest BCUT2D eigenvalue weighted by Crippen LogP contribution is -2.28. The summed E-state index contributed by atoms with van der Waals surface area (Å²) < 4.78 is 6.94. The first kappa shape index (κ1) is 24.3. The zero-order valence-electron chi connectivity index (χ0n) is 18.2. The van der Waals surface area contributed by atoms with Crippen LogP contribution in [-0.4, -0.2) is 39.4 Å². The normalized spacial score (nSPS) is 11.5. The minimum absolute atomic E-state index is 0.118. The second-order valence-electron chi connectivity index (χ2n) is 6.98. The number of methoxy groups -OCH3 is 1. The summed E-state index contributed by atoms with van der Waals surface area (Å²) >= 11 is 7.33. The molecule has 172 valence electrons. The predicted molar refractivity (Wildman–Crippen MR) is 130 cm³/mol. The van der Waals surface area contributed by atoms with Gasteiger partial charge in [0.25, 0.3) is 5.91 Å². The van der Waals surface area contributed by atoms with E-state index < -0.39 is 6.04 Å². The van der Waals surface area contributed by atoms with Gasteiger partial charge in [0, 0.05) is 12.1 Å². The number of para-hydroxylation sites is 1. The molecule has 8 nitrogen and oxygen atoms in total. The Hall–Kier alpha value is -3.30. The molecule has 0 aliphatic rings. The first-order valence-electron chi connectivity index (χ1n) is 10.1. The second kappa shape index (κ2) is 11.5. The first-order valence-corrected chi connectivity index (χ1v) is 11.5. The molecular weight excluding hydrogens is 462 g/mol. The van der Waals surface area contributed by atoms with Crippen molar-refractivity contribution in [1.82, 2.24) is 20.1 Å². The number of hydrogen-bond acceptors (Lipinski definition) is 6. The van der Waals surface area contributed by atoms with E-state index in [9.17, 15) is 9.59 Å². The molecule has 2 N–H and O–H groups in total. The maximum Gasteiger partial charge on any atom is 0.251 e. The number of carbonyl (C=O) groups is 2. The molecule has 0 fully saturated rings. The number of hydrogen-bond donors (Lipinski definition) is 2. The van der Waals surface area contributed by atoms with E-state index in [0.717, 1.165) is 0 Å². The summed E-state index contributed by atoms with van der Waals surface area (Å²) in [5, 5.41) is 15.2. The molecule has 1 atom stereocenters. The Labute approximate surface area is 201 Å². The molecule has 1 heterocycles. The number of anilines is 1. The Morgan fingerprint density at radius 2 is 1.94 bits per heavy atom. The van der Waals surface area contributed by atoms with Gasteiger partial charge in [-0.3, -0.25) is 9.59 Å². The molecule has 0 unspecified atom stereocenters. The average Bonchev–Trinajstić information content (AvgIpc) is 3.22. The third-order valence-electron chi connectivity index (χ3n) is 4.62. The van der Waals surface area contributed by atoms with Crippen LogP contribution in [0, 0.1) is 0 Å². The van der Waals surface area contributed by atoms with E-state index in [1.807, 2.05) is 11.5 Å². The van der Waals surface area contributed by atoms with E-state index in [0.29, 0.717) is 39.5 Å². The number of carbonyl (C=O) groups excluding carboxylic acids is 2. The fourth-order valence-electron chi connectivity index (χ4n) is 2.99. The van der Waals surface area contributed by atoms with E-state index in [4.69, 9.17) is 16.3 Å². The van der Waals surface area contributed by atoms with Crippen molar-refractivity contribution in [2.75, 3.05) is 18.2 Å². The zero-order valence-corrected chi connectivity index (χ0v) is 19.8. The van der Waals surface area contributed by atoms with Gasteiger partial charge in [-0.15, -0.1) is 16.8 Å². The number of amides is 2. The van der Waals surface area contributed by atoms with Gasteiger partial charge in [0.2, 0.25) is 5.91 Å². The molecule has 33 heavy (non-hydrogen) atoms. The van der Waals surface area contributed by atoms with Crippen molar-refractivity contribution < 1.29 is 14.3 Å². The van der Waals surface area contributed by atoms with Crippen molar-refractivity contribution in [3.8, 4) is 5.75 Å². The van der Waals surface area contributed by atoms with Crippen molar-refractivity contribution >= 4 is 40.9 Å². The zero-order chi connectivity index (χ0) is 23.8. The highest BCUT2D eigenvalue weighted by atomic mass is 35.5. The molecule has 3 rings (SSSR count). The van der Waals surface area contributed by atoms with Gasteiger partial charge < -0.3 is 19.9 Å². The Morgan fingerprint density at radius 3 is 2.61 bits per heavy atom. The van der Waals surface area contributed by atoms with Crippen LogP contribution in [0.4, 0.5) is 5.69 Å². The van der Waals surface area contributed by atoms with E-state index >= 15 is 0 Å². The molecule has 0 bridgehead atoms. The summed E-state index contributed by atoms with van der Waals surface area (Å²) in [4.78, 5) is 25.0. The summed E-state index contributed by atoms with van der Waals surface area (Å²) in [5.41, 5.74) is 1.05. The van der Waals surface area contributed by atoms with E-state index in [2.05, 4.69) is 27.4 Å². The summed E-state index contributed by atoms with van der Waals surface area (Å²) in [6.45, 7) is 6.04. The van der Waals surface area contributed by atoms with Crippen molar-refractivity contribution in [3.63, 3.8) is 0 Å². The molecule has 0 saturated carbocycles. The summed E-state index contributed by atoms with van der Waals surface area (Å²) in [7, 11) is 1.57. The van der Waals surface area contributed by atoms with Gasteiger partial charge in [-0.05, 0) is 43.3 Å². The third-order valence-corrected chi connectivity index (χ3v) is 5.92. The largest absolute Gasteiger partial charge is 0.497 e. The van der Waals surface area contributed by atoms with Gasteiger partial charge in [0.05, 0.1) is 29.6 Å². The Morgan fingerprint density at radius 1 is 1.21 bits per heavy atom. The number of ether oxygens (including phenoxy) is 1. The Bertz CT molecular complexity index is 1130. The highest BCUT2D eigenvalue weighted by molar-refractivity contribution is 7.99. The van der Waals surface area contributed by atoms with Gasteiger partial charge in [0.1, 0.15) is 5.75 Å². The fraction of sp³-hybridized carbons (Fsp3) is 0.217. The number of halogens is 1. The van der Waals surface area contributed by atoms with Crippen LogP contribution in [0.2, 0.25) is 5.02 Å². The lowest BCUT2D eigenvalue weighted by molar-refractivity contribution is -0.113. The molecule has 2 aromatic carbocycles. The first-order chi connectivity index (χ1) is 15.9. The van der Waals surface area contributed by atoms with Crippen LogP contribution < -0.4 is 15.4 Å². The number of benzene rings is 2. The summed E-state index contributed by atoms with van der Waals surface area (Å²) in [6.07, 6.45) is 1.71. The smallest absolute Gasteiger partial charge is 0.251 e. The van der Waals surface area contributed by atoms with Crippen LogP contribution in [0.15, 0.2) is 66.3 Å². The van der Waals surface area contributed by atoms with E-state index in [1.165, 1.54) is 11.8 Å². The van der Waals surface area contributed by atoms with Crippen LogP contribution in [-0.2, 0) is 11.3 Å². The molecular formula is C23H24ClN5O3S. The van der Waals surface area contributed by atoms with Crippen LogP contribution in [0.25, 0.3) is 0 Å². The van der Waals surface area contributed by atoms with E-state index in [1.54, 1.807) is 61.7 Å². The number of nitrogens with zero attached hydrogens (tertiary/aromatic N) is 3. The highest BCUT2D eigenvalue weighted by Crippen LogP contribution is 2.23. The molecule has 1 aromatic heterocycles. The van der Waals surface area contributed by atoms with Gasteiger partial charge >= 0.3 is 0 Å². The number of nitrogens with one attached hydrogen (secondary N) is 2. The summed E-state index contributed by atoms with van der Waals surface area (Å²) in [5.74, 6) is 0.888. The van der Waals surface area contributed by atoms with E-state index in [-0.39, 0.29) is 17.6 Å². The van der Waals surface area contributed by atoms with Gasteiger partial charge in [0.15, 0.2) is 11.0 Å². The highest BCUT2D eigenvalue weighted by Gasteiger charge is 2.20. The van der Waals surface area contributed by atoms with Crippen molar-refractivity contribution in [2.45, 2.75) is 24.7 Å². The van der Waals surface area contributed by atoms with Gasteiger partial charge in [-0.25, -0.2) is 0 Å². The van der Waals surface area contributed by atoms with Crippen molar-refractivity contribution in [1.29, 1.82) is 0 Å². The quantitative estimate of drug-likeness (QED) is 0.327. The third kappa shape index (κ3) is 6.36. The topological polar surface area (TPSA) is 98.1 Å². The number of aromatic nitrogens is 3. The molecule has 0 aliphatic heterocycles. The standard InChI is InChI=1S/C23H24ClN5O3S/c1-4-13-29-21(15(2)25-22(31)16-9-11-17(32-3)12-10-16)27-28-23(29)33-14-20(30)26-19-8-6-5-7-18(19)24/h4-12,15H,1,13-14H2,2-3H3,(H,25,31)(H,26,30)/t15-/m1/s1. The monoisotopic (exact) mass is 485 g/mol. The van der Waals surface area contributed by atoms with Gasteiger partial charge in [-0.2, -0.15) is 0 Å². The SMILES string of the molecule is C=CCn1c(SCC(=O)Nc2ccccc2Cl)nnc1[C@@H](C)NC(=O)c1ccc(OC)cc1. The van der Waals surface area contributed by atoms with Crippen LogP contribution in [0.5, 0.6) is 5.75 Å². The minimum Gasteiger partial charge on any atom is -0.497 e. The predicted octanol–water partition coefficient (Wildman–Crippen LogP) is 4.35. The maximum absolute atomic E-state index is 12.6. The lowest BCUT2D eigenvalue weighted by Gasteiger charge is -2.15. The number of allylic oxidation sites excluding steroid dienone is 1. The molecule has 0 saturated heterocycles. The average molecular weight is 486 g/mol. The molecule has 0 spiro atoms. The van der Waals surface area contributed by atoms with Crippen LogP contribution >= 0.6 is 23.4 Å². The number of thioether (sulfide) groups is 1. The fourth-order valence-corrected chi connectivity index (χ4v) is 3.93. The molecule has 10 heteroatoms. The molecule has 0 aliphatic carbocycles.